The third-order valence-electron chi connectivity index (χ3n) is 5.19. The van der Waals surface area contributed by atoms with Gasteiger partial charge in [0.05, 0.1) is 0 Å². The maximum Gasteiger partial charge on any atom is 0.411 e. The highest BCUT2D eigenvalue weighted by Crippen LogP contribution is 2.40. The van der Waals surface area contributed by atoms with Crippen LogP contribution in [0.1, 0.15) is 58.4 Å². The minimum atomic E-state index is -0.581. The summed E-state index contributed by atoms with van der Waals surface area (Å²) in [4.78, 5) is 27.2. The van der Waals surface area contributed by atoms with Gasteiger partial charge in [-0.25, -0.2) is 9.59 Å². The number of hydrogen-bond donors (Lipinski definition) is 0. The maximum atomic E-state index is 12.8. The van der Waals surface area contributed by atoms with Crippen molar-refractivity contribution < 1.29 is 19.1 Å². The fourth-order valence-electron chi connectivity index (χ4n) is 4.07. The van der Waals surface area contributed by atoms with Gasteiger partial charge in [-0.3, -0.25) is 4.90 Å². The summed E-state index contributed by atoms with van der Waals surface area (Å²) in [5, 5.41) is 0. The van der Waals surface area contributed by atoms with Crippen molar-refractivity contribution in [2.45, 2.75) is 77.2 Å². The molecule has 0 radical (unpaired) electrons. The Hall–Kier alpha value is -2.04. The van der Waals surface area contributed by atoms with Crippen molar-refractivity contribution in [2.24, 2.45) is 5.92 Å². The summed E-state index contributed by atoms with van der Waals surface area (Å²) in [6.45, 7) is 5.78. The number of rotatable bonds is 3. The lowest BCUT2D eigenvalue weighted by Crippen LogP contribution is -2.48. The van der Waals surface area contributed by atoms with Gasteiger partial charge >= 0.3 is 12.1 Å². The predicted octanol–water partition coefficient (Wildman–Crippen LogP) is 4.30. The largest absolute Gasteiger partial charge is 0.459 e. The Balaban J connectivity index is 1.72. The van der Waals surface area contributed by atoms with Gasteiger partial charge in [0, 0.05) is 6.04 Å². The molecule has 2 fully saturated rings. The standard InChI is InChI=1S/C21H29NO4/c1-21(2,3)26-20(24)22-17-12-8-7-11-16(17)13-18(22)19(23)25-14-15-9-5-4-6-10-15/h4-6,9-10,16-18H,7-8,11-14H2,1-3H3/t16-,17-,18-/m0/s1. The molecule has 3 atom stereocenters. The summed E-state index contributed by atoms with van der Waals surface area (Å²) in [7, 11) is 0. The van der Waals surface area contributed by atoms with Crippen molar-refractivity contribution in [1.29, 1.82) is 0 Å². The molecule has 142 valence electrons. The zero-order chi connectivity index (χ0) is 18.7. The quantitative estimate of drug-likeness (QED) is 0.755. The number of benzene rings is 1. The number of carbonyl (C=O) groups excluding carboxylic acids is 2. The molecule has 3 rings (SSSR count). The lowest BCUT2D eigenvalue weighted by molar-refractivity contribution is -0.150. The number of hydrogen-bond acceptors (Lipinski definition) is 4. The Bertz CT molecular complexity index is 637. The molecule has 5 nitrogen and oxygen atoms in total. The lowest BCUT2D eigenvalue weighted by Gasteiger charge is -2.34. The average Bonchev–Trinajstić information content (AvgIpc) is 2.99. The van der Waals surface area contributed by atoms with E-state index in [4.69, 9.17) is 9.47 Å². The Kier molecular flexibility index (Phi) is 5.54. The van der Waals surface area contributed by atoms with Crippen LogP contribution in [0.15, 0.2) is 30.3 Å². The van der Waals surface area contributed by atoms with E-state index in [0.717, 1.165) is 31.2 Å². The van der Waals surface area contributed by atoms with Crippen LogP contribution in [0, 0.1) is 5.92 Å². The number of nitrogens with zero attached hydrogens (tertiary/aromatic N) is 1. The van der Waals surface area contributed by atoms with E-state index < -0.39 is 17.7 Å². The number of carbonyl (C=O) groups is 2. The third kappa shape index (κ3) is 4.37. The van der Waals surface area contributed by atoms with E-state index >= 15 is 0 Å². The average molecular weight is 359 g/mol. The molecule has 0 unspecified atom stereocenters. The van der Waals surface area contributed by atoms with E-state index in [2.05, 4.69) is 0 Å². The van der Waals surface area contributed by atoms with Gasteiger partial charge in [0.25, 0.3) is 0 Å². The van der Waals surface area contributed by atoms with Crippen LogP contribution in [0.2, 0.25) is 0 Å². The Morgan fingerprint density at radius 3 is 2.50 bits per heavy atom. The molecular weight excluding hydrogens is 330 g/mol. The molecule has 1 amide bonds. The summed E-state index contributed by atoms with van der Waals surface area (Å²) in [5.74, 6) is 0.0413. The van der Waals surface area contributed by atoms with Crippen LogP contribution < -0.4 is 0 Å². The monoisotopic (exact) mass is 359 g/mol. The topological polar surface area (TPSA) is 55.8 Å². The highest BCUT2D eigenvalue weighted by molar-refractivity contribution is 5.82. The van der Waals surface area contributed by atoms with Gasteiger partial charge in [-0.15, -0.1) is 0 Å². The molecule has 5 heteroatoms. The molecule has 1 saturated carbocycles. The van der Waals surface area contributed by atoms with E-state index in [0.29, 0.717) is 12.3 Å². The van der Waals surface area contributed by atoms with Crippen molar-refractivity contribution in [1.82, 2.24) is 4.90 Å². The molecule has 1 aromatic carbocycles. The Morgan fingerprint density at radius 2 is 1.81 bits per heavy atom. The minimum absolute atomic E-state index is 0.0906. The Morgan fingerprint density at radius 1 is 1.12 bits per heavy atom. The van der Waals surface area contributed by atoms with Crippen LogP contribution in [0.5, 0.6) is 0 Å². The molecule has 1 heterocycles. The molecule has 0 aromatic heterocycles. The van der Waals surface area contributed by atoms with Gasteiger partial charge in [-0.05, 0) is 51.5 Å². The van der Waals surface area contributed by atoms with Crippen molar-refractivity contribution in [2.75, 3.05) is 0 Å². The second kappa shape index (κ2) is 7.68. The second-order valence-electron chi connectivity index (χ2n) is 8.34. The summed E-state index contributed by atoms with van der Waals surface area (Å²) in [6, 6.07) is 9.16. The molecule has 1 saturated heterocycles. The second-order valence-corrected chi connectivity index (χ2v) is 8.34. The first-order chi connectivity index (χ1) is 12.3. The molecule has 0 N–H and O–H groups in total. The van der Waals surface area contributed by atoms with Crippen molar-refractivity contribution in [3.63, 3.8) is 0 Å². The minimum Gasteiger partial charge on any atom is -0.459 e. The summed E-state index contributed by atoms with van der Waals surface area (Å²) < 4.78 is 11.1. The number of ether oxygens (including phenoxy) is 2. The molecule has 0 bridgehead atoms. The molecule has 1 aliphatic carbocycles. The summed E-state index contributed by atoms with van der Waals surface area (Å²) in [5.41, 5.74) is 0.363. The van der Waals surface area contributed by atoms with Gasteiger partial charge in [-0.2, -0.15) is 0 Å². The number of esters is 1. The fourth-order valence-corrected chi connectivity index (χ4v) is 4.07. The molecule has 1 aromatic rings. The third-order valence-corrected chi connectivity index (χ3v) is 5.19. The van der Waals surface area contributed by atoms with Gasteiger partial charge in [0.15, 0.2) is 0 Å². The first kappa shape index (κ1) is 18.7. The van der Waals surface area contributed by atoms with E-state index in [1.165, 1.54) is 0 Å². The zero-order valence-electron chi connectivity index (χ0n) is 15.9. The van der Waals surface area contributed by atoms with Crippen molar-refractivity contribution in [3.05, 3.63) is 35.9 Å². The van der Waals surface area contributed by atoms with E-state index in [9.17, 15) is 9.59 Å². The van der Waals surface area contributed by atoms with Crippen LogP contribution in [-0.2, 0) is 20.9 Å². The molecular formula is C21H29NO4. The number of fused-ring (bicyclic) bond motifs is 1. The highest BCUT2D eigenvalue weighted by Gasteiger charge is 2.49. The zero-order valence-corrected chi connectivity index (χ0v) is 15.9. The molecule has 0 spiro atoms. The SMILES string of the molecule is CC(C)(C)OC(=O)N1[C@H](C(=O)OCc2ccccc2)C[C@@H]2CCCC[C@@H]21. The van der Waals surface area contributed by atoms with Crippen LogP contribution in [-0.4, -0.2) is 34.6 Å². The summed E-state index contributed by atoms with van der Waals surface area (Å²) >= 11 is 0. The normalized spacial score (nSPS) is 25.5. The summed E-state index contributed by atoms with van der Waals surface area (Å²) in [6.07, 6.45) is 4.53. The van der Waals surface area contributed by atoms with E-state index in [-0.39, 0.29) is 18.6 Å². The number of likely N-dealkylation sites (tertiary alicyclic amines) is 1. The van der Waals surface area contributed by atoms with Crippen LogP contribution in [0.3, 0.4) is 0 Å². The molecule has 2 aliphatic rings. The van der Waals surface area contributed by atoms with Gasteiger partial charge in [-0.1, -0.05) is 43.2 Å². The molecule has 26 heavy (non-hydrogen) atoms. The predicted molar refractivity (Wildman–Crippen MR) is 98.5 cm³/mol. The van der Waals surface area contributed by atoms with Crippen LogP contribution in [0.25, 0.3) is 0 Å². The van der Waals surface area contributed by atoms with E-state index in [1.807, 2.05) is 51.1 Å². The van der Waals surface area contributed by atoms with Crippen molar-refractivity contribution >= 4 is 12.1 Å². The first-order valence-corrected chi connectivity index (χ1v) is 9.57. The lowest BCUT2D eigenvalue weighted by atomic mass is 9.85. The number of amides is 1. The smallest absolute Gasteiger partial charge is 0.411 e. The van der Waals surface area contributed by atoms with Gasteiger partial charge in [0.1, 0.15) is 18.2 Å². The van der Waals surface area contributed by atoms with E-state index in [1.54, 1.807) is 4.90 Å². The van der Waals surface area contributed by atoms with Crippen molar-refractivity contribution in [3.8, 4) is 0 Å². The Labute approximate surface area is 155 Å². The van der Waals surface area contributed by atoms with Gasteiger partial charge < -0.3 is 9.47 Å². The molecule has 1 aliphatic heterocycles. The van der Waals surface area contributed by atoms with Crippen LogP contribution >= 0.6 is 0 Å². The fraction of sp³-hybridized carbons (Fsp3) is 0.619. The van der Waals surface area contributed by atoms with Gasteiger partial charge in [0.2, 0.25) is 0 Å². The maximum absolute atomic E-state index is 12.8. The first-order valence-electron chi connectivity index (χ1n) is 9.57. The highest BCUT2D eigenvalue weighted by atomic mass is 16.6. The van der Waals surface area contributed by atoms with Crippen LogP contribution in [0.4, 0.5) is 4.79 Å².